The fraction of sp³-hybridized carbons (Fsp3) is 0.0667. The first-order valence-electron chi connectivity index (χ1n) is 5.92. The first kappa shape index (κ1) is 13.9. The second-order valence-electron chi connectivity index (χ2n) is 4.22. The smallest absolute Gasteiger partial charge is 0.248 e. The van der Waals surface area contributed by atoms with Gasteiger partial charge in [0.25, 0.3) is 0 Å². The molecule has 1 amide bonds. The summed E-state index contributed by atoms with van der Waals surface area (Å²) in [5.41, 5.74) is 7.80. The number of hydrogen-bond acceptors (Lipinski definition) is 3. The van der Waals surface area contributed by atoms with Gasteiger partial charge in [-0.15, -0.1) is 0 Å². The minimum absolute atomic E-state index is 0.391. The van der Waals surface area contributed by atoms with Crippen LogP contribution in [0.2, 0.25) is 5.02 Å². The van der Waals surface area contributed by atoms with E-state index in [1.54, 1.807) is 30.3 Å². The highest BCUT2D eigenvalue weighted by atomic mass is 35.5. The molecule has 0 fully saturated rings. The minimum Gasteiger partial charge on any atom is -0.380 e. The van der Waals surface area contributed by atoms with Crippen molar-refractivity contribution in [2.45, 2.75) is 6.54 Å². The number of nitrogens with two attached hydrogens (primary N) is 1. The molecule has 0 heterocycles. The summed E-state index contributed by atoms with van der Waals surface area (Å²) in [6.45, 7) is 0.497. The molecule has 0 unspecified atom stereocenters. The van der Waals surface area contributed by atoms with Crippen LogP contribution in [-0.4, -0.2) is 5.91 Å². The molecule has 4 nitrogen and oxygen atoms in total. The third-order valence-electron chi connectivity index (χ3n) is 2.79. The Balaban J connectivity index is 2.16. The number of rotatable bonds is 4. The van der Waals surface area contributed by atoms with E-state index in [1.165, 1.54) is 0 Å². The van der Waals surface area contributed by atoms with E-state index in [2.05, 4.69) is 11.4 Å². The summed E-state index contributed by atoms with van der Waals surface area (Å²) in [6, 6.07) is 14.1. The molecular formula is C15H12ClN3O. The van der Waals surface area contributed by atoms with Crippen LogP contribution in [0.5, 0.6) is 0 Å². The van der Waals surface area contributed by atoms with Gasteiger partial charge in [-0.05, 0) is 35.9 Å². The van der Waals surface area contributed by atoms with Gasteiger partial charge in [0, 0.05) is 12.1 Å². The third-order valence-corrected chi connectivity index (χ3v) is 3.12. The predicted molar refractivity (Wildman–Crippen MR) is 78.5 cm³/mol. The van der Waals surface area contributed by atoms with Crippen LogP contribution in [0, 0.1) is 11.3 Å². The maximum Gasteiger partial charge on any atom is 0.248 e. The largest absolute Gasteiger partial charge is 0.380 e. The van der Waals surface area contributed by atoms with E-state index in [9.17, 15) is 4.79 Å². The fourth-order valence-electron chi connectivity index (χ4n) is 1.76. The van der Waals surface area contributed by atoms with E-state index >= 15 is 0 Å². The molecule has 0 saturated carbocycles. The Morgan fingerprint density at radius 1 is 1.30 bits per heavy atom. The average molecular weight is 286 g/mol. The number of carbonyl (C=O) groups is 1. The molecule has 0 saturated heterocycles. The molecule has 2 aromatic carbocycles. The normalized spacial score (nSPS) is 9.80. The Bertz CT molecular complexity index is 692. The summed E-state index contributed by atoms with van der Waals surface area (Å²) in [5, 5.41) is 12.5. The van der Waals surface area contributed by atoms with Gasteiger partial charge in [-0.1, -0.05) is 23.7 Å². The highest BCUT2D eigenvalue weighted by Gasteiger charge is 2.06. The van der Waals surface area contributed by atoms with Crippen molar-refractivity contribution in [1.29, 1.82) is 5.26 Å². The van der Waals surface area contributed by atoms with Gasteiger partial charge in [-0.3, -0.25) is 4.79 Å². The van der Waals surface area contributed by atoms with Crippen LogP contribution in [-0.2, 0) is 6.54 Å². The van der Waals surface area contributed by atoms with Gasteiger partial charge in [-0.25, -0.2) is 0 Å². The van der Waals surface area contributed by atoms with Gasteiger partial charge in [-0.2, -0.15) is 5.26 Å². The molecule has 0 aliphatic carbocycles. The summed E-state index contributed by atoms with van der Waals surface area (Å²) in [7, 11) is 0. The highest BCUT2D eigenvalue weighted by Crippen LogP contribution is 2.23. The molecular weight excluding hydrogens is 274 g/mol. The number of carbonyl (C=O) groups excluding carboxylic acids is 1. The lowest BCUT2D eigenvalue weighted by atomic mass is 10.1. The molecule has 2 aromatic rings. The molecule has 0 aromatic heterocycles. The molecule has 2 rings (SSSR count). The van der Waals surface area contributed by atoms with E-state index < -0.39 is 5.91 Å². The summed E-state index contributed by atoms with van der Waals surface area (Å²) in [5.74, 6) is -0.504. The Kier molecular flexibility index (Phi) is 4.24. The monoisotopic (exact) mass is 285 g/mol. The van der Waals surface area contributed by atoms with Crippen LogP contribution in [0.3, 0.4) is 0 Å². The molecule has 0 aliphatic heterocycles. The molecule has 20 heavy (non-hydrogen) atoms. The first-order valence-corrected chi connectivity index (χ1v) is 6.30. The van der Waals surface area contributed by atoms with E-state index in [0.29, 0.717) is 28.4 Å². The third kappa shape index (κ3) is 3.28. The number of nitriles is 1. The molecule has 0 atom stereocenters. The summed E-state index contributed by atoms with van der Waals surface area (Å²) >= 11 is 6.06. The quantitative estimate of drug-likeness (QED) is 0.906. The summed E-state index contributed by atoms with van der Waals surface area (Å²) in [6.07, 6.45) is 0. The minimum atomic E-state index is -0.504. The predicted octanol–water partition coefficient (Wildman–Crippen LogP) is 2.92. The Morgan fingerprint density at radius 2 is 2.10 bits per heavy atom. The number of nitrogens with zero attached hydrogens (tertiary/aromatic N) is 1. The van der Waals surface area contributed by atoms with Crippen molar-refractivity contribution < 1.29 is 4.79 Å². The van der Waals surface area contributed by atoms with Gasteiger partial charge < -0.3 is 11.1 Å². The molecule has 100 valence electrons. The topological polar surface area (TPSA) is 78.9 Å². The zero-order valence-corrected chi connectivity index (χ0v) is 11.3. The van der Waals surface area contributed by atoms with Crippen molar-refractivity contribution in [3.63, 3.8) is 0 Å². The van der Waals surface area contributed by atoms with Crippen molar-refractivity contribution in [2.75, 3.05) is 5.32 Å². The number of halogens is 1. The number of hydrogen-bond donors (Lipinski definition) is 2. The van der Waals surface area contributed by atoms with Crippen molar-refractivity contribution in [1.82, 2.24) is 0 Å². The summed E-state index contributed by atoms with van der Waals surface area (Å²) in [4.78, 5) is 11.1. The van der Waals surface area contributed by atoms with E-state index in [4.69, 9.17) is 22.6 Å². The van der Waals surface area contributed by atoms with Gasteiger partial charge in [0.15, 0.2) is 0 Å². The standard InChI is InChI=1S/C15H12ClN3O/c16-13-5-4-12(15(18)20)7-14(13)19-9-11-3-1-2-10(6-11)8-17/h1-7,19H,9H2,(H2,18,20). The Labute approximate surface area is 121 Å². The molecule has 0 aliphatic rings. The lowest BCUT2D eigenvalue weighted by Crippen LogP contribution is -2.11. The van der Waals surface area contributed by atoms with E-state index in [-0.39, 0.29) is 0 Å². The SMILES string of the molecule is N#Cc1cccc(CNc2cc(C(N)=O)ccc2Cl)c1. The van der Waals surface area contributed by atoms with Crippen molar-refractivity contribution in [3.05, 3.63) is 64.2 Å². The number of anilines is 1. The first-order chi connectivity index (χ1) is 9.60. The van der Waals surface area contributed by atoms with Crippen LogP contribution in [0.1, 0.15) is 21.5 Å². The van der Waals surface area contributed by atoms with E-state index in [0.717, 1.165) is 5.56 Å². The van der Waals surface area contributed by atoms with Gasteiger partial charge in [0.2, 0.25) is 5.91 Å². The average Bonchev–Trinajstić information content (AvgIpc) is 2.46. The molecule has 0 radical (unpaired) electrons. The Morgan fingerprint density at radius 3 is 2.80 bits per heavy atom. The zero-order chi connectivity index (χ0) is 14.5. The van der Waals surface area contributed by atoms with Crippen molar-refractivity contribution in [3.8, 4) is 6.07 Å². The molecule has 0 bridgehead atoms. The molecule has 5 heteroatoms. The molecule has 3 N–H and O–H groups in total. The van der Waals surface area contributed by atoms with Crippen LogP contribution in [0.4, 0.5) is 5.69 Å². The fourth-order valence-corrected chi connectivity index (χ4v) is 1.95. The van der Waals surface area contributed by atoms with Gasteiger partial charge in [0.1, 0.15) is 0 Å². The second kappa shape index (κ2) is 6.09. The van der Waals surface area contributed by atoms with E-state index in [1.807, 2.05) is 12.1 Å². The van der Waals surface area contributed by atoms with Crippen LogP contribution in [0.15, 0.2) is 42.5 Å². The number of primary amides is 1. The Hall–Kier alpha value is -2.51. The van der Waals surface area contributed by atoms with Crippen molar-refractivity contribution >= 4 is 23.2 Å². The van der Waals surface area contributed by atoms with Crippen LogP contribution >= 0.6 is 11.6 Å². The summed E-state index contributed by atoms with van der Waals surface area (Å²) < 4.78 is 0. The lowest BCUT2D eigenvalue weighted by Gasteiger charge is -2.10. The zero-order valence-electron chi connectivity index (χ0n) is 10.6. The maximum atomic E-state index is 11.1. The highest BCUT2D eigenvalue weighted by molar-refractivity contribution is 6.33. The van der Waals surface area contributed by atoms with Crippen LogP contribution in [0.25, 0.3) is 0 Å². The van der Waals surface area contributed by atoms with Gasteiger partial charge >= 0.3 is 0 Å². The van der Waals surface area contributed by atoms with Gasteiger partial charge in [0.05, 0.1) is 22.3 Å². The maximum absolute atomic E-state index is 11.1. The van der Waals surface area contributed by atoms with Crippen molar-refractivity contribution in [2.24, 2.45) is 5.73 Å². The molecule has 0 spiro atoms. The number of nitrogens with one attached hydrogen (secondary N) is 1. The lowest BCUT2D eigenvalue weighted by molar-refractivity contribution is 0.100. The van der Waals surface area contributed by atoms with Crippen LogP contribution < -0.4 is 11.1 Å². The number of benzene rings is 2. The second-order valence-corrected chi connectivity index (χ2v) is 4.63. The number of amides is 1.